The zero-order valence-corrected chi connectivity index (χ0v) is 15.7. The van der Waals surface area contributed by atoms with Gasteiger partial charge in [0.1, 0.15) is 5.52 Å². The van der Waals surface area contributed by atoms with Crippen molar-refractivity contribution >= 4 is 17.1 Å². The van der Waals surface area contributed by atoms with Gasteiger partial charge in [0.15, 0.2) is 5.65 Å². The van der Waals surface area contributed by atoms with E-state index in [1.54, 1.807) is 12.5 Å². The number of benzene rings is 1. The molecule has 0 N–H and O–H groups in total. The minimum absolute atomic E-state index is 0.00904. The summed E-state index contributed by atoms with van der Waals surface area (Å²) in [6, 6.07) is 12.2. The fraction of sp³-hybridized carbons (Fsp3) is 0.381. The van der Waals surface area contributed by atoms with Crippen LogP contribution in [0.5, 0.6) is 0 Å². The lowest BCUT2D eigenvalue weighted by Crippen LogP contribution is -2.48. The maximum absolute atomic E-state index is 12.8. The Morgan fingerprint density at radius 2 is 1.89 bits per heavy atom. The third-order valence-corrected chi connectivity index (χ3v) is 4.89. The molecule has 1 saturated heterocycles. The predicted molar refractivity (Wildman–Crippen MR) is 104 cm³/mol. The van der Waals surface area contributed by atoms with E-state index in [1.807, 2.05) is 47.6 Å². The van der Waals surface area contributed by atoms with Gasteiger partial charge in [-0.3, -0.25) is 4.79 Å². The van der Waals surface area contributed by atoms with Crippen LogP contribution in [0, 0.1) is 0 Å². The van der Waals surface area contributed by atoms with E-state index >= 15 is 0 Å². The number of ether oxygens (including phenoxy) is 1. The first-order valence-corrected chi connectivity index (χ1v) is 9.39. The number of rotatable bonds is 4. The van der Waals surface area contributed by atoms with Gasteiger partial charge in [-0.25, -0.2) is 9.97 Å². The van der Waals surface area contributed by atoms with Crippen molar-refractivity contribution in [2.75, 3.05) is 13.1 Å². The Bertz CT molecular complexity index is 928. The fourth-order valence-electron chi connectivity index (χ4n) is 3.65. The number of carbonyl (C=O) groups is 1. The van der Waals surface area contributed by atoms with Crippen molar-refractivity contribution in [2.24, 2.45) is 0 Å². The van der Waals surface area contributed by atoms with Gasteiger partial charge >= 0.3 is 0 Å². The van der Waals surface area contributed by atoms with E-state index in [-0.39, 0.29) is 18.1 Å². The summed E-state index contributed by atoms with van der Waals surface area (Å²) in [4.78, 5) is 23.7. The van der Waals surface area contributed by atoms with E-state index in [9.17, 15) is 4.79 Å². The lowest BCUT2D eigenvalue weighted by molar-refractivity contribution is -0.0586. The van der Waals surface area contributed by atoms with E-state index in [0.717, 1.165) is 24.1 Å². The number of hydrogen-bond donors (Lipinski definition) is 0. The van der Waals surface area contributed by atoms with Gasteiger partial charge in [0.2, 0.25) is 0 Å². The number of fused-ring (bicyclic) bond motifs is 1. The van der Waals surface area contributed by atoms with Crippen LogP contribution in [-0.2, 0) is 17.7 Å². The average molecular weight is 364 g/mol. The van der Waals surface area contributed by atoms with Crippen LogP contribution in [0.25, 0.3) is 11.2 Å². The molecule has 0 radical (unpaired) electrons. The molecule has 1 amide bonds. The van der Waals surface area contributed by atoms with Crippen molar-refractivity contribution in [1.82, 2.24) is 19.4 Å². The topological polar surface area (TPSA) is 60.2 Å². The van der Waals surface area contributed by atoms with Crippen LogP contribution < -0.4 is 0 Å². The molecule has 0 aliphatic carbocycles. The highest BCUT2D eigenvalue weighted by Gasteiger charge is 2.27. The molecule has 0 saturated carbocycles. The van der Waals surface area contributed by atoms with Gasteiger partial charge < -0.3 is 14.2 Å². The third-order valence-electron chi connectivity index (χ3n) is 4.89. The quantitative estimate of drug-likeness (QED) is 0.714. The number of nitrogens with zero attached hydrogens (tertiary/aromatic N) is 4. The van der Waals surface area contributed by atoms with E-state index < -0.39 is 0 Å². The second-order valence-corrected chi connectivity index (χ2v) is 7.21. The summed E-state index contributed by atoms with van der Waals surface area (Å²) >= 11 is 0. The normalized spacial score (nSPS) is 20.1. The Labute approximate surface area is 158 Å². The van der Waals surface area contributed by atoms with Gasteiger partial charge in [-0.2, -0.15) is 0 Å². The van der Waals surface area contributed by atoms with Gasteiger partial charge in [0, 0.05) is 25.8 Å². The SMILES string of the molecule is C[C@@H]1CN(C(=O)c2cnc3c(c2)ncn3CCc2ccccc2)C[C@H](C)O1. The summed E-state index contributed by atoms with van der Waals surface area (Å²) in [7, 11) is 0. The summed E-state index contributed by atoms with van der Waals surface area (Å²) in [5, 5.41) is 0. The molecule has 2 atom stereocenters. The van der Waals surface area contributed by atoms with Crippen molar-refractivity contribution in [1.29, 1.82) is 0 Å². The van der Waals surface area contributed by atoms with Crippen molar-refractivity contribution in [3.05, 3.63) is 60.0 Å². The number of morpholine rings is 1. The van der Waals surface area contributed by atoms with Crippen LogP contribution in [0.2, 0.25) is 0 Å². The Kier molecular flexibility index (Phi) is 4.90. The molecule has 27 heavy (non-hydrogen) atoms. The molecular weight excluding hydrogens is 340 g/mol. The number of aryl methyl sites for hydroxylation is 2. The zero-order chi connectivity index (χ0) is 18.8. The summed E-state index contributed by atoms with van der Waals surface area (Å²) in [5.41, 5.74) is 3.42. The third kappa shape index (κ3) is 3.85. The van der Waals surface area contributed by atoms with Crippen LogP contribution in [0.1, 0.15) is 29.8 Å². The van der Waals surface area contributed by atoms with E-state index in [4.69, 9.17) is 4.74 Å². The number of amides is 1. The maximum Gasteiger partial charge on any atom is 0.255 e. The summed E-state index contributed by atoms with van der Waals surface area (Å²) in [6.07, 6.45) is 4.47. The smallest absolute Gasteiger partial charge is 0.255 e. The first-order chi connectivity index (χ1) is 13.1. The molecule has 140 valence electrons. The molecule has 1 aliphatic rings. The minimum Gasteiger partial charge on any atom is -0.372 e. The van der Waals surface area contributed by atoms with Crippen molar-refractivity contribution in [2.45, 2.75) is 39.0 Å². The second kappa shape index (κ2) is 7.48. The Morgan fingerprint density at radius 3 is 2.63 bits per heavy atom. The van der Waals surface area contributed by atoms with E-state index in [1.165, 1.54) is 5.56 Å². The molecule has 1 fully saturated rings. The van der Waals surface area contributed by atoms with Crippen LogP contribution in [0.15, 0.2) is 48.9 Å². The fourth-order valence-corrected chi connectivity index (χ4v) is 3.65. The standard InChI is InChI=1S/C21H24N4O2/c1-15-12-25(13-16(2)27-15)21(26)18-10-19-20(22-11-18)24(14-23-19)9-8-17-6-4-3-5-7-17/h3-7,10-11,14-16H,8-9,12-13H2,1-2H3/t15-,16+. The van der Waals surface area contributed by atoms with Gasteiger partial charge in [0.25, 0.3) is 5.91 Å². The van der Waals surface area contributed by atoms with Crippen LogP contribution in [0.4, 0.5) is 0 Å². The maximum atomic E-state index is 12.8. The average Bonchev–Trinajstić information content (AvgIpc) is 3.08. The highest BCUT2D eigenvalue weighted by molar-refractivity contribution is 5.96. The molecule has 3 aromatic rings. The van der Waals surface area contributed by atoms with Crippen molar-refractivity contribution in [3.63, 3.8) is 0 Å². The lowest BCUT2D eigenvalue weighted by Gasteiger charge is -2.35. The molecule has 6 nitrogen and oxygen atoms in total. The molecule has 4 rings (SSSR count). The van der Waals surface area contributed by atoms with Crippen LogP contribution in [-0.4, -0.2) is 50.6 Å². The molecule has 0 bridgehead atoms. The second-order valence-electron chi connectivity index (χ2n) is 7.21. The number of pyridine rings is 1. The number of hydrogen-bond acceptors (Lipinski definition) is 4. The Balaban J connectivity index is 1.51. The van der Waals surface area contributed by atoms with Gasteiger partial charge in [-0.05, 0) is 31.9 Å². The molecule has 1 aromatic carbocycles. The molecule has 0 spiro atoms. The molecule has 3 heterocycles. The van der Waals surface area contributed by atoms with E-state index in [0.29, 0.717) is 18.7 Å². The van der Waals surface area contributed by atoms with Gasteiger partial charge in [-0.15, -0.1) is 0 Å². The first-order valence-electron chi connectivity index (χ1n) is 9.39. The monoisotopic (exact) mass is 364 g/mol. The largest absolute Gasteiger partial charge is 0.372 e. The molecule has 2 aromatic heterocycles. The zero-order valence-electron chi connectivity index (χ0n) is 15.7. The van der Waals surface area contributed by atoms with Crippen LogP contribution >= 0.6 is 0 Å². The van der Waals surface area contributed by atoms with E-state index in [2.05, 4.69) is 22.1 Å². The van der Waals surface area contributed by atoms with Gasteiger partial charge in [0.05, 0.1) is 24.1 Å². The highest BCUT2D eigenvalue weighted by atomic mass is 16.5. The highest BCUT2D eigenvalue weighted by Crippen LogP contribution is 2.17. The molecule has 6 heteroatoms. The first kappa shape index (κ1) is 17.7. The summed E-state index contributed by atoms with van der Waals surface area (Å²) in [5.74, 6) is -0.00904. The van der Waals surface area contributed by atoms with Gasteiger partial charge in [-0.1, -0.05) is 30.3 Å². The molecule has 1 aliphatic heterocycles. The Hall–Kier alpha value is -2.73. The van der Waals surface area contributed by atoms with Crippen molar-refractivity contribution < 1.29 is 9.53 Å². The summed E-state index contributed by atoms with van der Waals surface area (Å²) in [6.45, 7) is 6.00. The molecule has 0 unspecified atom stereocenters. The number of carbonyl (C=O) groups excluding carboxylic acids is 1. The number of aromatic nitrogens is 3. The Morgan fingerprint density at radius 1 is 1.15 bits per heavy atom. The summed E-state index contributed by atoms with van der Waals surface area (Å²) < 4.78 is 7.75. The minimum atomic E-state index is -0.00904. The lowest BCUT2D eigenvalue weighted by atomic mass is 10.1. The molecular formula is C21H24N4O2. The van der Waals surface area contributed by atoms with Crippen molar-refractivity contribution in [3.8, 4) is 0 Å². The number of imidazole rings is 1. The predicted octanol–water partition coefficient (Wildman–Crippen LogP) is 2.92. The van der Waals surface area contributed by atoms with Crippen LogP contribution in [0.3, 0.4) is 0 Å².